The third-order valence-corrected chi connectivity index (χ3v) is 10.4. The molecule has 3 aliphatic carbocycles. The average molecular weight is 583 g/mol. The SMILES string of the molecule is C[C@@H]1[C@@H](/N=C(/Nc2ccc3c(c2)C(=O)N(Cc2ccc(Cl)cc2Cl)C3=O)N2CCN[C@@H](C)C2)CC2C[C@@H]1C2(C)C. The van der Waals surface area contributed by atoms with Crippen molar-refractivity contribution in [3.05, 3.63) is 63.1 Å². The Morgan fingerprint density at radius 1 is 1.07 bits per heavy atom. The number of halogens is 2. The van der Waals surface area contributed by atoms with Crippen molar-refractivity contribution < 1.29 is 9.59 Å². The summed E-state index contributed by atoms with van der Waals surface area (Å²) in [7, 11) is 0. The molecule has 4 fully saturated rings. The fraction of sp³-hybridized carbons (Fsp3) is 0.516. The number of benzene rings is 2. The van der Waals surface area contributed by atoms with Gasteiger partial charge in [-0.05, 0) is 78.8 Å². The van der Waals surface area contributed by atoms with Gasteiger partial charge in [0.2, 0.25) is 0 Å². The summed E-state index contributed by atoms with van der Waals surface area (Å²) in [6, 6.07) is 11.1. The van der Waals surface area contributed by atoms with Gasteiger partial charge in [-0.15, -0.1) is 0 Å². The first kappa shape index (κ1) is 27.6. The number of anilines is 1. The molecule has 1 saturated heterocycles. The van der Waals surface area contributed by atoms with Gasteiger partial charge in [0.1, 0.15) is 0 Å². The van der Waals surface area contributed by atoms with Gasteiger partial charge in [-0.3, -0.25) is 14.5 Å². The highest BCUT2D eigenvalue weighted by molar-refractivity contribution is 6.35. The van der Waals surface area contributed by atoms with Crippen LogP contribution in [0.25, 0.3) is 0 Å². The second-order valence-corrected chi connectivity index (χ2v) is 13.4. The van der Waals surface area contributed by atoms with E-state index in [0.29, 0.717) is 50.0 Å². The number of imide groups is 1. The Balaban J connectivity index is 1.25. The summed E-state index contributed by atoms with van der Waals surface area (Å²) in [6.45, 7) is 12.0. The van der Waals surface area contributed by atoms with Crippen molar-refractivity contribution in [1.29, 1.82) is 0 Å². The van der Waals surface area contributed by atoms with Crippen LogP contribution in [0.2, 0.25) is 10.0 Å². The summed E-state index contributed by atoms with van der Waals surface area (Å²) in [5.41, 5.74) is 2.62. The van der Waals surface area contributed by atoms with Gasteiger partial charge in [0, 0.05) is 41.4 Å². The second kappa shape index (κ2) is 10.3. The Morgan fingerprint density at radius 3 is 2.55 bits per heavy atom. The standard InChI is InChI=1S/C31H37Cl2N5O2/c1-17-15-37(10-9-34-17)30(36-27-12-20-11-25(18(27)2)31(20,3)4)35-22-7-8-23-24(14-22)29(40)38(28(23)39)16-19-5-6-21(32)13-26(19)33/h5-8,13-14,17-18,20,25,27,34H,9-12,15-16H2,1-4H3,(H,35,36)/t17-,18-,20?,25-,27-/m0/s1. The van der Waals surface area contributed by atoms with Gasteiger partial charge in [0.15, 0.2) is 5.96 Å². The van der Waals surface area contributed by atoms with Gasteiger partial charge in [-0.2, -0.15) is 0 Å². The number of fused-ring (bicyclic) bond motifs is 3. The van der Waals surface area contributed by atoms with Gasteiger partial charge in [0.05, 0.1) is 23.7 Å². The number of carbonyl (C=O) groups is 2. The van der Waals surface area contributed by atoms with Crippen LogP contribution < -0.4 is 10.6 Å². The molecule has 5 atom stereocenters. The van der Waals surface area contributed by atoms with Crippen molar-refractivity contribution in [2.75, 3.05) is 25.0 Å². The maximum Gasteiger partial charge on any atom is 0.261 e. The van der Waals surface area contributed by atoms with E-state index in [4.69, 9.17) is 28.2 Å². The molecule has 1 unspecified atom stereocenters. The van der Waals surface area contributed by atoms with Crippen LogP contribution in [0.15, 0.2) is 41.4 Å². The predicted octanol–water partition coefficient (Wildman–Crippen LogP) is 5.92. The number of rotatable bonds is 4. The van der Waals surface area contributed by atoms with Gasteiger partial charge in [-0.25, -0.2) is 4.99 Å². The van der Waals surface area contributed by atoms with Gasteiger partial charge in [-0.1, -0.05) is 50.0 Å². The highest BCUT2D eigenvalue weighted by Gasteiger charge is 2.56. The van der Waals surface area contributed by atoms with Gasteiger partial charge < -0.3 is 15.5 Å². The Morgan fingerprint density at radius 2 is 1.85 bits per heavy atom. The molecule has 3 saturated carbocycles. The number of piperazine rings is 1. The number of hydrogen-bond donors (Lipinski definition) is 2. The summed E-state index contributed by atoms with van der Waals surface area (Å²) in [5.74, 6) is 2.14. The predicted molar refractivity (Wildman–Crippen MR) is 160 cm³/mol. The number of hydrogen-bond acceptors (Lipinski definition) is 4. The van der Waals surface area contributed by atoms with Crippen LogP contribution in [-0.4, -0.2) is 59.3 Å². The highest BCUT2D eigenvalue weighted by atomic mass is 35.5. The summed E-state index contributed by atoms with van der Waals surface area (Å²) in [6.07, 6.45) is 2.42. The maximum absolute atomic E-state index is 13.4. The number of aliphatic imine (C=N–C) groups is 1. The molecular formula is C31H37Cl2N5O2. The summed E-state index contributed by atoms with van der Waals surface area (Å²) in [5, 5.41) is 8.01. The van der Waals surface area contributed by atoms with Crippen LogP contribution in [0.5, 0.6) is 0 Å². The van der Waals surface area contributed by atoms with Crippen LogP contribution in [0.1, 0.15) is 66.8 Å². The monoisotopic (exact) mass is 581 g/mol. The van der Waals surface area contributed by atoms with Crippen molar-refractivity contribution in [2.45, 2.75) is 59.2 Å². The average Bonchev–Trinajstić information content (AvgIpc) is 3.14. The molecule has 7 rings (SSSR count). The van der Waals surface area contributed by atoms with Crippen molar-refractivity contribution in [1.82, 2.24) is 15.1 Å². The van der Waals surface area contributed by atoms with Crippen molar-refractivity contribution in [3.63, 3.8) is 0 Å². The highest BCUT2D eigenvalue weighted by Crippen LogP contribution is 2.61. The largest absolute Gasteiger partial charge is 0.340 e. The van der Waals surface area contributed by atoms with E-state index < -0.39 is 0 Å². The summed E-state index contributed by atoms with van der Waals surface area (Å²) >= 11 is 12.4. The smallest absolute Gasteiger partial charge is 0.261 e. The van der Waals surface area contributed by atoms with E-state index in [1.165, 1.54) is 11.3 Å². The van der Waals surface area contributed by atoms with E-state index >= 15 is 0 Å². The lowest BCUT2D eigenvalue weighted by Gasteiger charge is -2.61. The zero-order valence-corrected chi connectivity index (χ0v) is 25.0. The van der Waals surface area contributed by atoms with Crippen LogP contribution in [0, 0.1) is 23.2 Å². The number of nitrogens with zero attached hydrogens (tertiary/aromatic N) is 3. The molecule has 2 aliphatic heterocycles. The molecule has 212 valence electrons. The van der Waals surface area contributed by atoms with Gasteiger partial charge in [0.25, 0.3) is 11.8 Å². The molecule has 2 heterocycles. The molecule has 5 aliphatic rings. The molecule has 2 amide bonds. The lowest BCUT2D eigenvalue weighted by molar-refractivity contribution is -0.108. The quantitative estimate of drug-likeness (QED) is 0.266. The van der Waals surface area contributed by atoms with Crippen LogP contribution in [0.3, 0.4) is 0 Å². The molecule has 0 radical (unpaired) electrons. The number of amides is 2. The third kappa shape index (κ3) is 4.80. The van der Waals surface area contributed by atoms with E-state index in [1.54, 1.807) is 30.3 Å². The first-order valence-electron chi connectivity index (χ1n) is 14.3. The van der Waals surface area contributed by atoms with Crippen molar-refractivity contribution >= 4 is 46.7 Å². The van der Waals surface area contributed by atoms with E-state index in [9.17, 15) is 9.59 Å². The van der Waals surface area contributed by atoms with Crippen molar-refractivity contribution in [3.8, 4) is 0 Å². The molecular weight excluding hydrogens is 545 g/mol. The van der Waals surface area contributed by atoms with Crippen LogP contribution >= 0.6 is 23.2 Å². The first-order valence-corrected chi connectivity index (χ1v) is 15.1. The maximum atomic E-state index is 13.4. The molecule has 0 spiro atoms. The fourth-order valence-corrected chi connectivity index (χ4v) is 7.70. The fourth-order valence-electron chi connectivity index (χ4n) is 7.23. The van der Waals surface area contributed by atoms with Crippen LogP contribution in [-0.2, 0) is 6.54 Å². The molecule has 2 N–H and O–H groups in total. The minimum Gasteiger partial charge on any atom is -0.340 e. The Kier molecular flexibility index (Phi) is 7.12. The lowest BCUT2D eigenvalue weighted by Crippen LogP contribution is -2.57. The lowest BCUT2D eigenvalue weighted by atomic mass is 9.45. The molecule has 2 aromatic carbocycles. The molecule has 40 heavy (non-hydrogen) atoms. The summed E-state index contributed by atoms with van der Waals surface area (Å²) < 4.78 is 0. The number of guanidine groups is 1. The Hall–Kier alpha value is -2.61. The van der Waals surface area contributed by atoms with Crippen LogP contribution in [0.4, 0.5) is 5.69 Å². The molecule has 7 nitrogen and oxygen atoms in total. The molecule has 2 aromatic rings. The normalized spacial score (nSPS) is 29.4. The molecule has 0 aromatic heterocycles. The Labute approximate surface area is 246 Å². The van der Waals surface area contributed by atoms with E-state index in [2.05, 4.69) is 43.2 Å². The van der Waals surface area contributed by atoms with E-state index in [0.717, 1.165) is 43.6 Å². The number of carbonyl (C=O) groups excluding carboxylic acids is 2. The molecule has 9 heteroatoms. The van der Waals surface area contributed by atoms with E-state index in [1.807, 2.05) is 6.07 Å². The first-order chi connectivity index (χ1) is 19.0. The molecule has 2 bridgehead atoms. The second-order valence-electron chi connectivity index (χ2n) is 12.6. The van der Waals surface area contributed by atoms with Crippen molar-refractivity contribution in [2.24, 2.45) is 28.2 Å². The minimum atomic E-state index is -0.327. The number of nitrogens with one attached hydrogen (secondary N) is 2. The van der Waals surface area contributed by atoms with Gasteiger partial charge >= 0.3 is 0 Å². The van der Waals surface area contributed by atoms with E-state index in [-0.39, 0.29) is 24.4 Å². The topological polar surface area (TPSA) is 77.0 Å². The summed E-state index contributed by atoms with van der Waals surface area (Å²) in [4.78, 5) is 35.5. The minimum absolute atomic E-state index is 0.0920. The third-order valence-electron chi connectivity index (χ3n) is 9.84. The Bertz CT molecular complexity index is 1390. The zero-order valence-electron chi connectivity index (χ0n) is 23.5. The zero-order chi connectivity index (χ0) is 28.3.